The normalized spacial score (nSPS) is 13.6. The van der Waals surface area contributed by atoms with Crippen LogP contribution in [0.1, 0.15) is 70.3 Å². The van der Waals surface area contributed by atoms with Crippen LogP contribution < -0.4 is 10.3 Å². The number of nitrogens with zero attached hydrogens (tertiary/aromatic N) is 2. The van der Waals surface area contributed by atoms with E-state index in [4.69, 9.17) is 9.16 Å². The number of amides is 1. The molecule has 48 heavy (non-hydrogen) atoms. The van der Waals surface area contributed by atoms with Crippen molar-refractivity contribution in [2.24, 2.45) is 5.41 Å². The van der Waals surface area contributed by atoms with Gasteiger partial charge in [0.1, 0.15) is 12.4 Å². The molecule has 3 aromatic carbocycles. The Kier molecular flexibility index (Phi) is 10.9. The van der Waals surface area contributed by atoms with Gasteiger partial charge in [-0.1, -0.05) is 90.1 Å². The Hall–Kier alpha value is -4.48. The van der Waals surface area contributed by atoms with Crippen LogP contribution in [0.2, 0.25) is 18.1 Å². The molecule has 2 atom stereocenters. The van der Waals surface area contributed by atoms with Crippen LogP contribution >= 0.6 is 0 Å². The highest BCUT2D eigenvalue weighted by Gasteiger charge is 2.41. The van der Waals surface area contributed by atoms with Crippen LogP contribution in [0.15, 0.2) is 83.7 Å². The fraction of sp³-hybridized carbons (Fsp3) is 0.405. The number of non-ortho nitro benzene ring substituents is 1. The molecule has 0 aliphatic rings. The van der Waals surface area contributed by atoms with Gasteiger partial charge in [0.25, 0.3) is 5.69 Å². The van der Waals surface area contributed by atoms with Gasteiger partial charge in [0.2, 0.25) is 5.56 Å². The number of benzene rings is 3. The minimum atomic E-state index is -2.47. The average Bonchev–Trinajstić information content (AvgIpc) is 3.00. The highest BCUT2D eigenvalue weighted by molar-refractivity contribution is 6.74. The number of nitro groups is 1. The maximum atomic E-state index is 13.0. The number of carboxylic acid groups (broad SMARTS) is 1. The zero-order valence-corrected chi connectivity index (χ0v) is 30.1. The molecule has 4 aromatic rings. The van der Waals surface area contributed by atoms with E-state index in [0.29, 0.717) is 23.3 Å². The van der Waals surface area contributed by atoms with Gasteiger partial charge in [-0.2, -0.15) is 0 Å². The quantitative estimate of drug-likeness (QED) is 0.0871. The van der Waals surface area contributed by atoms with E-state index >= 15 is 0 Å². The first-order valence-corrected chi connectivity index (χ1v) is 19.0. The molecule has 0 saturated heterocycles. The van der Waals surface area contributed by atoms with E-state index in [1.54, 1.807) is 24.3 Å². The van der Waals surface area contributed by atoms with Crippen LogP contribution in [-0.2, 0) is 11.0 Å². The standard InChI is InChI=1S/C37H47N3O7Si/c1-36(2,3)30(26-14-16-27(17-15-26)40(44)45)22-39(35(42)43)23-32(47-48(7,8)37(4,5)6)28-18-20-31(34-29(28)19-21-33(41)38-34)46-24-25-12-10-9-11-13-25/h9-21,30,32H,22-24H2,1-8H3,(H,38,41)(H,42,43)/t30?,32-/m0/s1. The summed E-state index contributed by atoms with van der Waals surface area (Å²) in [5, 5.41) is 22.4. The molecular weight excluding hydrogens is 627 g/mol. The first kappa shape index (κ1) is 36.4. The van der Waals surface area contributed by atoms with Crippen LogP contribution in [0, 0.1) is 15.5 Å². The summed E-state index contributed by atoms with van der Waals surface area (Å²) in [6, 6.07) is 22.9. The lowest BCUT2D eigenvalue weighted by Crippen LogP contribution is -2.46. The monoisotopic (exact) mass is 673 g/mol. The average molecular weight is 674 g/mol. The molecule has 0 fully saturated rings. The molecule has 0 spiro atoms. The number of ether oxygens (including phenoxy) is 1. The van der Waals surface area contributed by atoms with Gasteiger partial charge in [-0.25, -0.2) is 4.79 Å². The molecule has 0 bridgehead atoms. The molecule has 2 N–H and O–H groups in total. The number of fused-ring (bicyclic) bond motifs is 1. The molecule has 0 aliphatic carbocycles. The SMILES string of the molecule is CC(C)(C)C(CN(C[C@H](O[Si](C)(C)C(C)(C)C)c1ccc(OCc2ccccc2)c2[nH]c(=O)ccc12)C(=O)O)c1ccc([N+](=O)[O-])cc1. The molecule has 0 saturated carbocycles. The van der Waals surface area contributed by atoms with Crippen molar-refractivity contribution in [2.75, 3.05) is 13.1 Å². The minimum Gasteiger partial charge on any atom is -0.487 e. The van der Waals surface area contributed by atoms with E-state index in [1.165, 1.54) is 23.1 Å². The third-order valence-electron chi connectivity index (χ3n) is 9.33. The molecule has 11 heteroatoms. The Morgan fingerprint density at radius 2 is 1.58 bits per heavy atom. The Balaban J connectivity index is 1.78. The predicted octanol–water partition coefficient (Wildman–Crippen LogP) is 8.89. The van der Waals surface area contributed by atoms with Crippen LogP contribution in [0.3, 0.4) is 0 Å². The fourth-order valence-electron chi connectivity index (χ4n) is 5.47. The summed E-state index contributed by atoms with van der Waals surface area (Å²) in [6.07, 6.45) is -1.77. The predicted molar refractivity (Wildman–Crippen MR) is 191 cm³/mol. The van der Waals surface area contributed by atoms with Crippen molar-refractivity contribution in [3.8, 4) is 5.75 Å². The summed E-state index contributed by atoms with van der Waals surface area (Å²) < 4.78 is 13.2. The van der Waals surface area contributed by atoms with Crippen LogP contribution in [-0.4, -0.2) is 47.4 Å². The molecular formula is C37H47N3O7Si. The maximum absolute atomic E-state index is 13.0. The number of rotatable bonds is 12. The summed E-state index contributed by atoms with van der Waals surface area (Å²) in [6.45, 7) is 17.2. The van der Waals surface area contributed by atoms with Gasteiger partial charge < -0.3 is 24.2 Å². The number of carbonyl (C=O) groups is 1. The largest absolute Gasteiger partial charge is 0.487 e. The molecule has 4 rings (SSSR count). The molecule has 0 radical (unpaired) electrons. The van der Waals surface area contributed by atoms with Gasteiger partial charge >= 0.3 is 6.09 Å². The molecule has 0 aliphatic heterocycles. The summed E-state index contributed by atoms with van der Waals surface area (Å²) in [4.78, 5) is 40.7. The van der Waals surface area contributed by atoms with Crippen molar-refractivity contribution in [3.63, 3.8) is 0 Å². The van der Waals surface area contributed by atoms with E-state index < -0.39 is 25.4 Å². The zero-order valence-electron chi connectivity index (χ0n) is 29.1. The number of nitrogens with one attached hydrogen (secondary N) is 1. The Morgan fingerprint density at radius 3 is 2.15 bits per heavy atom. The van der Waals surface area contributed by atoms with Crippen molar-refractivity contribution in [3.05, 3.63) is 116 Å². The number of aromatic amines is 1. The number of nitro benzene ring substituents is 1. The number of hydrogen-bond acceptors (Lipinski definition) is 6. The maximum Gasteiger partial charge on any atom is 0.407 e. The third kappa shape index (κ3) is 8.70. The molecule has 256 valence electrons. The second kappa shape index (κ2) is 14.3. The number of aromatic nitrogens is 1. The lowest BCUT2D eigenvalue weighted by Gasteiger charge is -2.41. The van der Waals surface area contributed by atoms with E-state index in [0.717, 1.165) is 16.7 Å². The van der Waals surface area contributed by atoms with E-state index in [1.807, 2.05) is 57.2 Å². The summed E-state index contributed by atoms with van der Waals surface area (Å²) in [5.74, 6) is 0.229. The van der Waals surface area contributed by atoms with Crippen molar-refractivity contribution in [2.45, 2.75) is 78.3 Å². The molecule has 1 unspecified atom stereocenters. The van der Waals surface area contributed by atoms with Crippen LogP contribution in [0.5, 0.6) is 5.75 Å². The first-order chi connectivity index (χ1) is 22.4. The third-order valence-corrected chi connectivity index (χ3v) is 13.8. The molecule has 1 amide bonds. The number of H-pyrrole nitrogens is 1. The zero-order chi connectivity index (χ0) is 35.4. The van der Waals surface area contributed by atoms with Crippen molar-refractivity contribution in [1.29, 1.82) is 0 Å². The summed E-state index contributed by atoms with van der Waals surface area (Å²) >= 11 is 0. The topological polar surface area (TPSA) is 135 Å². The van der Waals surface area contributed by atoms with Gasteiger partial charge in [0.15, 0.2) is 8.32 Å². The summed E-state index contributed by atoms with van der Waals surface area (Å²) in [5.41, 5.74) is 2.37. The molecule has 10 nitrogen and oxygen atoms in total. The second-order valence-electron chi connectivity index (χ2n) is 14.9. The first-order valence-electron chi connectivity index (χ1n) is 16.1. The Morgan fingerprint density at radius 1 is 0.938 bits per heavy atom. The van der Waals surface area contributed by atoms with Gasteiger partial charge in [-0.15, -0.1) is 0 Å². The highest BCUT2D eigenvalue weighted by Crippen LogP contribution is 2.43. The molecule has 1 heterocycles. The lowest BCUT2D eigenvalue weighted by atomic mass is 9.76. The van der Waals surface area contributed by atoms with E-state index in [2.05, 4.69) is 38.8 Å². The van der Waals surface area contributed by atoms with Crippen molar-refractivity contribution < 1.29 is 24.0 Å². The highest BCUT2D eigenvalue weighted by atomic mass is 28.4. The van der Waals surface area contributed by atoms with Crippen LogP contribution in [0.25, 0.3) is 10.9 Å². The number of hydrogen-bond donors (Lipinski definition) is 2. The molecule has 1 aromatic heterocycles. The second-order valence-corrected chi connectivity index (χ2v) is 19.6. The van der Waals surface area contributed by atoms with Gasteiger partial charge in [0, 0.05) is 36.0 Å². The number of pyridine rings is 1. The van der Waals surface area contributed by atoms with E-state index in [9.17, 15) is 24.8 Å². The van der Waals surface area contributed by atoms with Crippen molar-refractivity contribution in [1.82, 2.24) is 9.88 Å². The van der Waals surface area contributed by atoms with Crippen LogP contribution in [0.4, 0.5) is 10.5 Å². The van der Waals surface area contributed by atoms with Crippen molar-refractivity contribution >= 4 is 31.0 Å². The smallest absolute Gasteiger partial charge is 0.407 e. The van der Waals surface area contributed by atoms with Gasteiger partial charge in [-0.05, 0) is 52.4 Å². The van der Waals surface area contributed by atoms with E-state index in [-0.39, 0.29) is 40.7 Å². The fourth-order valence-corrected chi connectivity index (χ4v) is 6.74. The van der Waals surface area contributed by atoms with Gasteiger partial charge in [-0.3, -0.25) is 14.9 Å². The van der Waals surface area contributed by atoms with Gasteiger partial charge in [0.05, 0.1) is 23.1 Å². The Labute approximate surface area is 283 Å². The summed E-state index contributed by atoms with van der Waals surface area (Å²) in [7, 11) is -2.47. The minimum absolute atomic E-state index is 0.0227. The lowest BCUT2D eigenvalue weighted by molar-refractivity contribution is -0.384. The Bertz CT molecular complexity index is 1790.